The van der Waals surface area contributed by atoms with E-state index in [-0.39, 0.29) is 5.56 Å². The summed E-state index contributed by atoms with van der Waals surface area (Å²) in [6.07, 6.45) is -0.269. The van der Waals surface area contributed by atoms with Gasteiger partial charge in [-0.25, -0.2) is 8.78 Å². The van der Waals surface area contributed by atoms with E-state index in [4.69, 9.17) is 5.11 Å². The van der Waals surface area contributed by atoms with Crippen LogP contribution in [0.5, 0.6) is 0 Å². The number of carbonyl (C=O) groups is 1. The molecule has 0 heterocycles. The lowest BCUT2D eigenvalue weighted by molar-refractivity contribution is -0.139. The minimum Gasteiger partial charge on any atom is -0.480 e. The SMILES string of the molecule is O=C(O)C(NCC1CC1)c1ccc(C(F)F)cc1. The Bertz CT molecular complexity index is 416. The van der Waals surface area contributed by atoms with Gasteiger partial charge in [-0.1, -0.05) is 24.3 Å². The average Bonchev–Trinajstić information content (AvgIpc) is 3.13. The van der Waals surface area contributed by atoms with E-state index < -0.39 is 18.4 Å². The zero-order chi connectivity index (χ0) is 13.1. The Kier molecular flexibility index (Phi) is 3.91. The van der Waals surface area contributed by atoms with Gasteiger partial charge in [0.25, 0.3) is 6.43 Å². The van der Waals surface area contributed by atoms with Gasteiger partial charge in [-0.3, -0.25) is 4.79 Å². The lowest BCUT2D eigenvalue weighted by Crippen LogP contribution is -2.30. The van der Waals surface area contributed by atoms with E-state index in [1.54, 1.807) is 0 Å². The molecule has 0 radical (unpaired) electrons. The molecule has 1 unspecified atom stereocenters. The fraction of sp³-hybridized carbons (Fsp3) is 0.462. The Hall–Kier alpha value is -1.49. The van der Waals surface area contributed by atoms with Crippen molar-refractivity contribution in [1.29, 1.82) is 0 Å². The molecule has 3 nitrogen and oxygen atoms in total. The minimum atomic E-state index is -2.53. The van der Waals surface area contributed by atoms with E-state index in [2.05, 4.69) is 5.32 Å². The number of halogens is 2. The molecule has 0 bridgehead atoms. The predicted octanol–water partition coefficient (Wildman–Crippen LogP) is 2.75. The third-order valence-electron chi connectivity index (χ3n) is 3.08. The highest BCUT2D eigenvalue weighted by Gasteiger charge is 2.25. The fourth-order valence-electron chi connectivity index (χ4n) is 1.79. The summed E-state index contributed by atoms with van der Waals surface area (Å²) in [7, 11) is 0. The number of carboxylic acid groups (broad SMARTS) is 1. The highest BCUT2D eigenvalue weighted by Crippen LogP contribution is 2.29. The Labute approximate surface area is 104 Å². The first kappa shape index (κ1) is 13.0. The normalized spacial score (nSPS) is 16.8. The molecule has 98 valence electrons. The van der Waals surface area contributed by atoms with Gasteiger partial charge in [0.15, 0.2) is 0 Å². The Morgan fingerprint density at radius 1 is 1.28 bits per heavy atom. The molecule has 0 spiro atoms. The monoisotopic (exact) mass is 255 g/mol. The van der Waals surface area contributed by atoms with Crippen LogP contribution >= 0.6 is 0 Å². The van der Waals surface area contributed by atoms with Crippen molar-refractivity contribution >= 4 is 5.97 Å². The van der Waals surface area contributed by atoms with Crippen LogP contribution in [0.2, 0.25) is 0 Å². The third-order valence-corrected chi connectivity index (χ3v) is 3.08. The summed E-state index contributed by atoms with van der Waals surface area (Å²) in [5, 5.41) is 12.1. The highest BCUT2D eigenvalue weighted by molar-refractivity contribution is 5.75. The minimum absolute atomic E-state index is 0.0925. The van der Waals surface area contributed by atoms with Crippen molar-refractivity contribution in [1.82, 2.24) is 5.32 Å². The van der Waals surface area contributed by atoms with Crippen molar-refractivity contribution in [2.75, 3.05) is 6.54 Å². The molecule has 1 fully saturated rings. The lowest BCUT2D eigenvalue weighted by atomic mass is 10.0. The predicted molar refractivity (Wildman–Crippen MR) is 62.5 cm³/mol. The molecule has 1 aliphatic rings. The van der Waals surface area contributed by atoms with Crippen LogP contribution in [0.25, 0.3) is 0 Å². The van der Waals surface area contributed by atoms with E-state index >= 15 is 0 Å². The van der Waals surface area contributed by atoms with E-state index in [0.29, 0.717) is 18.0 Å². The molecule has 0 aliphatic heterocycles. The molecule has 5 heteroatoms. The summed E-state index contributed by atoms with van der Waals surface area (Å²) >= 11 is 0. The van der Waals surface area contributed by atoms with Crippen molar-refractivity contribution in [3.63, 3.8) is 0 Å². The summed E-state index contributed by atoms with van der Waals surface area (Å²) in [4.78, 5) is 11.1. The zero-order valence-corrected chi connectivity index (χ0v) is 9.77. The van der Waals surface area contributed by atoms with Crippen molar-refractivity contribution < 1.29 is 18.7 Å². The molecule has 0 saturated heterocycles. The molecule has 0 amide bonds. The van der Waals surface area contributed by atoms with Crippen molar-refractivity contribution in [3.05, 3.63) is 35.4 Å². The molecule has 2 N–H and O–H groups in total. The summed E-state index contributed by atoms with van der Waals surface area (Å²) in [5.41, 5.74) is 0.414. The molecule has 18 heavy (non-hydrogen) atoms. The maximum absolute atomic E-state index is 12.4. The standard InChI is InChI=1S/C13H15F2NO2/c14-12(15)10-5-3-9(4-6-10)11(13(17)18)16-7-8-1-2-8/h3-6,8,11-12,16H,1-2,7H2,(H,17,18). The van der Waals surface area contributed by atoms with Crippen LogP contribution in [0.15, 0.2) is 24.3 Å². The van der Waals surface area contributed by atoms with Gasteiger partial charge in [-0.15, -0.1) is 0 Å². The van der Waals surface area contributed by atoms with Crippen LogP contribution in [0.4, 0.5) is 8.78 Å². The van der Waals surface area contributed by atoms with Crippen LogP contribution in [0.3, 0.4) is 0 Å². The maximum atomic E-state index is 12.4. The largest absolute Gasteiger partial charge is 0.480 e. The Morgan fingerprint density at radius 3 is 2.28 bits per heavy atom. The first-order valence-electron chi connectivity index (χ1n) is 5.92. The van der Waals surface area contributed by atoms with E-state index in [1.165, 1.54) is 24.3 Å². The molecular formula is C13H15F2NO2. The first-order valence-corrected chi connectivity index (χ1v) is 5.92. The highest BCUT2D eigenvalue weighted by atomic mass is 19.3. The zero-order valence-electron chi connectivity index (χ0n) is 9.77. The summed E-state index contributed by atoms with van der Waals surface area (Å²) < 4.78 is 24.8. The Morgan fingerprint density at radius 2 is 1.83 bits per heavy atom. The van der Waals surface area contributed by atoms with E-state index in [1.807, 2.05) is 0 Å². The van der Waals surface area contributed by atoms with Gasteiger partial charge in [-0.2, -0.15) is 0 Å². The van der Waals surface area contributed by atoms with Crippen molar-refractivity contribution in [3.8, 4) is 0 Å². The van der Waals surface area contributed by atoms with Gasteiger partial charge in [0.05, 0.1) is 0 Å². The summed E-state index contributed by atoms with van der Waals surface area (Å²) in [6, 6.07) is 4.61. The lowest BCUT2D eigenvalue weighted by Gasteiger charge is -2.15. The van der Waals surface area contributed by atoms with E-state index in [9.17, 15) is 13.6 Å². The number of alkyl halides is 2. The molecule has 1 aromatic carbocycles. The average molecular weight is 255 g/mol. The summed E-state index contributed by atoms with van der Waals surface area (Å²) in [5.74, 6) is -0.423. The third kappa shape index (κ3) is 3.26. The molecule has 1 aromatic rings. The van der Waals surface area contributed by atoms with Crippen LogP contribution in [0, 0.1) is 5.92 Å². The van der Waals surface area contributed by atoms with Crippen LogP contribution < -0.4 is 5.32 Å². The molecule has 1 atom stereocenters. The maximum Gasteiger partial charge on any atom is 0.325 e. The molecule has 1 aliphatic carbocycles. The second-order valence-electron chi connectivity index (χ2n) is 4.59. The van der Waals surface area contributed by atoms with Crippen LogP contribution in [-0.2, 0) is 4.79 Å². The second kappa shape index (κ2) is 5.44. The molecule has 0 aromatic heterocycles. The van der Waals surface area contributed by atoms with Crippen LogP contribution in [0.1, 0.15) is 36.4 Å². The number of hydrogen-bond acceptors (Lipinski definition) is 2. The summed E-state index contributed by atoms with van der Waals surface area (Å²) in [6.45, 7) is 0.660. The second-order valence-corrected chi connectivity index (χ2v) is 4.59. The molecule has 1 saturated carbocycles. The van der Waals surface area contributed by atoms with Crippen molar-refractivity contribution in [2.45, 2.75) is 25.3 Å². The number of aliphatic carboxylic acids is 1. The van der Waals surface area contributed by atoms with Gasteiger partial charge in [0, 0.05) is 5.56 Å². The van der Waals surface area contributed by atoms with Gasteiger partial charge >= 0.3 is 5.97 Å². The van der Waals surface area contributed by atoms with Gasteiger partial charge in [0.2, 0.25) is 0 Å². The smallest absolute Gasteiger partial charge is 0.325 e. The van der Waals surface area contributed by atoms with Gasteiger partial charge in [0.1, 0.15) is 6.04 Å². The van der Waals surface area contributed by atoms with E-state index in [0.717, 1.165) is 12.8 Å². The number of benzene rings is 1. The van der Waals surface area contributed by atoms with Crippen molar-refractivity contribution in [2.24, 2.45) is 5.92 Å². The Balaban J connectivity index is 2.06. The molecule has 2 rings (SSSR count). The molecular weight excluding hydrogens is 240 g/mol. The number of rotatable bonds is 6. The number of nitrogens with one attached hydrogen (secondary N) is 1. The van der Waals surface area contributed by atoms with Gasteiger partial charge < -0.3 is 10.4 Å². The quantitative estimate of drug-likeness (QED) is 0.821. The number of carboxylic acids is 1. The van der Waals surface area contributed by atoms with Crippen LogP contribution in [-0.4, -0.2) is 17.6 Å². The topological polar surface area (TPSA) is 49.3 Å². The van der Waals surface area contributed by atoms with Gasteiger partial charge in [-0.05, 0) is 30.9 Å². The number of hydrogen-bond donors (Lipinski definition) is 2. The first-order chi connectivity index (χ1) is 8.58. The fourth-order valence-corrected chi connectivity index (χ4v) is 1.79.